The molecule has 0 aromatic heterocycles. The van der Waals surface area contributed by atoms with Gasteiger partial charge in [-0.3, -0.25) is 4.79 Å². The third kappa shape index (κ3) is 2.27. The molecule has 0 bridgehead atoms. The molecule has 2 aliphatic rings. The normalized spacial score (nSPS) is 27.7. The molecule has 76 valence electrons. The fourth-order valence-corrected chi connectivity index (χ4v) is 0.644. The van der Waals surface area contributed by atoms with E-state index in [9.17, 15) is 14.4 Å². The highest BCUT2D eigenvalue weighted by Crippen LogP contribution is 2.12. The van der Waals surface area contributed by atoms with Gasteiger partial charge in [-0.15, -0.1) is 0 Å². The smallest absolute Gasteiger partial charge is 0.389 e. The summed E-state index contributed by atoms with van der Waals surface area (Å²) in [4.78, 5) is 32.6. The number of ether oxygens (including phenoxy) is 4. The Hall–Kier alpha value is -1.47. The molecule has 0 aromatic carbocycles. The van der Waals surface area contributed by atoms with Gasteiger partial charge < -0.3 is 18.9 Å². The Labute approximate surface area is 77.9 Å². The molecule has 0 aliphatic carbocycles. The van der Waals surface area contributed by atoms with Crippen molar-refractivity contribution in [2.45, 2.75) is 12.6 Å². The number of carbonyl (C=O) groups is 3. The molecule has 2 rings (SSSR count). The van der Waals surface area contributed by atoms with E-state index in [1.165, 1.54) is 0 Å². The number of ketones is 1. The number of carbonyl (C=O) groups excluding carboxylic acids is 3. The lowest BCUT2D eigenvalue weighted by Crippen LogP contribution is -2.29. The molecule has 0 radical (unpaired) electrons. The van der Waals surface area contributed by atoms with Crippen molar-refractivity contribution in [2.75, 3.05) is 13.2 Å². The van der Waals surface area contributed by atoms with Gasteiger partial charge >= 0.3 is 17.7 Å². The number of hydrogen-bond donors (Lipinski definition) is 0. The van der Waals surface area contributed by atoms with E-state index in [4.69, 9.17) is 0 Å². The Morgan fingerprint density at radius 2 is 1.29 bits per heavy atom. The highest BCUT2D eigenvalue weighted by molar-refractivity contribution is 6.60. The van der Waals surface area contributed by atoms with Crippen LogP contribution < -0.4 is 0 Å². The van der Waals surface area contributed by atoms with Crippen LogP contribution in [0.5, 0.6) is 0 Å². The average Bonchev–Trinajstić information content (AvgIpc) is 2.97. The van der Waals surface area contributed by atoms with E-state index < -0.39 is 30.3 Å². The third-order valence-corrected chi connectivity index (χ3v) is 1.45. The van der Waals surface area contributed by atoms with Crippen molar-refractivity contribution in [2.24, 2.45) is 0 Å². The van der Waals surface area contributed by atoms with Crippen molar-refractivity contribution in [3.8, 4) is 0 Å². The number of rotatable bonds is 4. The summed E-state index contributed by atoms with van der Waals surface area (Å²) < 4.78 is 17.8. The van der Waals surface area contributed by atoms with Gasteiger partial charge in [0.15, 0.2) is 0 Å². The molecule has 2 atom stereocenters. The predicted molar refractivity (Wildman–Crippen MR) is 36.7 cm³/mol. The van der Waals surface area contributed by atoms with Gasteiger partial charge in [0.05, 0.1) is 0 Å². The van der Waals surface area contributed by atoms with Gasteiger partial charge in [-0.05, 0) is 0 Å². The van der Waals surface area contributed by atoms with Crippen LogP contribution in [0.1, 0.15) is 0 Å². The van der Waals surface area contributed by atoms with E-state index in [-0.39, 0.29) is 13.2 Å². The lowest BCUT2D eigenvalue weighted by Gasteiger charge is -1.99. The van der Waals surface area contributed by atoms with E-state index in [1.54, 1.807) is 0 Å². The molecule has 0 amide bonds. The van der Waals surface area contributed by atoms with Gasteiger partial charge in [-0.1, -0.05) is 0 Å². The average molecular weight is 202 g/mol. The lowest BCUT2D eigenvalue weighted by atomic mass is 10.4. The highest BCUT2D eigenvalue weighted by Gasteiger charge is 2.37. The van der Waals surface area contributed by atoms with E-state index in [2.05, 4.69) is 18.9 Å². The monoisotopic (exact) mass is 202 g/mol. The molecule has 14 heavy (non-hydrogen) atoms. The van der Waals surface area contributed by atoms with Crippen molar-refractivity contribution < 1.29 is 33.3 Å². The maximum absolute atomic E-state index is 10.9. The number of hydrogen-bond acceptors (Lipinski definition) is 7. The van der Waals surface area contributed by atoms with Crippen molar-refractivity contribution in [3.05, 3.63) is 0 Å². The molecule has 2 saturated heterocycles. The van der Waals surface area contributed by atoms with Gasteiger partial charge in [0.2, 0.25) is 12.6 Å². The molecule has 0 saturated carbocycles. The van der Waals surface area contributed by atoms with Crippen LogP contribution in [0, 0.1) is 0 Å². The predicted octanol–water partition coefficient (Wildman–Crippen LogP) is -1.65. The van der Waals surface area contributed by atoms with Crippen molar-refractivity contribution in [1.82, 2.24) is 0 Å². The number of Topliss-reactive ketones (excluding diaryl/α,β-unsaturated/α-hetero) is 1. The minimum absolute atomic E-state index is 0.250. The first kappa shape index (κ1) is 9.10. The lowest BCUT2D eigenvalue weighted by molar-refractivity contribution is -0.168. The Balaban J connectivity index is 1.78. The third-order valence-electron chi connectivity index (χ3n) is 1.45. The topological polar surface area (TPSA) is 94.7 Å². The van der Waals surface area contributed by atoms with Crippen LogP contribution in [0.25, 0.3) is 0 Å². The Morgan fingerprint density at radius 3 is 1.57 bits per heavy atom. The van der Waals surface area contributed by atoms with E-state index in [1.807, 2.05) is 0 Å². The number of esters is 2. The maximum atomic E-state index is 10.9. The second kappa shape index (κ2) is 3.35. The zero-order valence-electron chi connectivity index (χ0n) is 6.93. The zero-order valence-corrected chi connectivity index (χ0v) is 6.93. The Morgan fingerprint density at radius 1 is 0.929 bits per heavy atom. The summed E-state index contributed by atoms with van der Waals surface area (Å²) in [6.45, 7) is 0.500. The second-order valence-corrected chi connectivity index (χ2v) is 2.67. The Bertz CT molecular complexity index is 260. The van der Waals surface area contributed by atoms with E-state index in [0.29, 0.717) is 0 Å². The zero-order chi connectivity index (χ0) is 10.1. The summed E-state index contributed by atoms with van der Waals surface area (Å²) in [5.41, 5.74) is 0. The maximum Gasteiger partial charge on any atom is 0.389 e. The summed E-state index contributed by atoms with van der Waals surface area (Å²) >= 11 is 0. The Kier molecular flexibility index (Phi) is 2.18. The van der Waals surface area contributed by atoms with Crippen LogP contribution in [0.15, 0.2) is 0 Å². The molecule has 7 heteroatoms. The number of epoxide rings is 2. The van der Waals surface area contributed by atoms with Crippen molar-refractivity contribution >= 4 is 17.7 Å². The largest absolute Gasteiger partial charge is 0.427 e. The highest BCUT2D eigenvalue weighted by atomic mass is 16.8. The summed E-state index contributed by atoms with van der Waals surface area (Å²) in [7, 11) is 0. The first-order chi connectivity index (χ1) is 6.66. The van der Waals surface area contributed by atoms with E-state index in [0.717, 1.165) is 0 Å². The van der Waals surface area contributed by atoms with Crippen LogP contribution in [-0.4, -0.2) is 43.5 Å². The minimum Gasteiger partial charge on any atom is -0.427 e. The van der Waals surface area contributed by atoms with Crippen molar-refractivity contribution in [3.63, 3.8) is 0 Å². The molecule has 2 heterocycles. The minimum atomic E-state index is -1.35. The van der Waals surface area contributed by atoms with Crippen LogP contribution in [0.4, 0.5) is 0 Å². The van der Waals surface area contributed by atoms with Crippen LogP contribution in [-0.2, 0) is 33.3 Å². The van der Waals surface area contributed by atoms with Crippen molar-refractivity contribution in [1.29, 1.82) is 0 Å². The van der Waals surface area contributed by atoms with Crippen LogP contribution in [0.2, 0.25) is 0 Å². The van der Waals surface area contributed by atoms with Crippen LogP contribution >= 0.6 is 0 Å². The summed E-state index contributed by atoms with van der Waals surface area (Å²) in [6, 6.07) is 0. The fourth-order valence-electron chi connectivity index (χ4n) is 0.644. The molecule has 0 aromatic rings. The molecule has 2 fully saturated rings. The fraction of sp³-hybridized carbons (Fsp3) is 0.571. The summed E-state index contributed by atoms with van der Waals surface area (Å²) in [5.74, 6) is -3.88. The van der Waals surface area contributed by atoms with Gasteiger partial charge in [0.1, 0.15) is 13.2 Å². The molecule has 2 aliphatic heterocycles. The summed E-state index contributed by atoms with van der Waals surface area (Å²) in [5, 5.41) is 0. The molecular formula is C7H6O7. The van der Waals surface area contributed by atoms with E-state index >= 15 is 0 Å². The van der Waals surface area contributed by atoms with Gasteiger partial charge in [0.25, 0.3) is 0 Å². The molecular weight excluding hydrogens is 196 g/mol. The summed E-state index contributed by atoms with van der Waals surface area (Å²) in [6.07, 6.45) is -1.40. The van der Waals surface area contributed by atoms with Crippen LogP contribution in [0.3, 0.4) is 0 Å². The van der Waals surface area contributed by atoms with Gasteiger partial charge in [0, 0.05) is 0 Å². The van der Waals surface area contributed by atoms with Gasteiger partial charge in [-0.25, -0.2) is 9.59 Å². The molecule has 7 nitrogen and oxygen atoms in total. The molecule has 2 unspecified atom stereocenters. The first-order valence-corrected chi connectivity index (χ1v) is 3.86. The van der Waals surface area contributed by atoms with Gasteiger partial charge in [-0.2, -0.15) is 0 Å². The first-order valence-electron chi connectivity index (χ1n) is 3.86. The molecule has 0 spiro atoms. The standard InChI is InChI=1S/C7H6O7/c8-5(6(9)13-3-1-11-3)7(10)14-4-2-12-4/h3-4H,1-2H2. The SMILES string of the molecule is O=C(OC1CO1)C(=O)C(=O)OC1CO1. The quantitative estimate of drug-likeness (QED) is 0.233. The molecule has 0 N–H and O–H groups in total. The second-order valence-electron chi connectivity index (χ2n) is 2.67.